The molecule has 1 aromatic heterocycles. The average Bonchev–Trinajstić information content (AvgIpc) is 2.92. The summed E-state index contributed by atoms with van der Waals surface area (Å²) >= 11 is 0. The number of aliphatic hydroxyl groups is 1. The van der Waals surface area contributed by atoms with Gasteiger partial charge in [0.25, 0.3) is 0 Å². The number of nitrogens with zero attached hydrogens (tertiary/aromatic N) is 3. The van der Waals surface area contributed by atoms with Crippen molar-refractivity contribution in [2.75, 3.05) is 0 Å². The van der Waals surface area contributed by atoms with Crippen molar-refractivity contribution in [1.29, 1.82) is 0 Å². The predicted molar refractivity (Wildman–Crippen MR) is 72.6 cm³/mol. The quantitative estimate of drug-likeness (QED) is 0.918. The van der Waals surface area contributed by atoms with Crippen LogP contribution in [0.4, 0.5) is 0 Å². The molecule has 1 heterocycles. The highest BCUT2D eigenvalue weighted by Gasteiger charge is 2.40. The van der Waals surface area contributed by atoms with E-state index >= 15 is 0 Å². The maximum atomic E-state index is 11.1. The smallest absolute Gasteiger partial charge is 0.137 e. The van der Waals surface area contributed by atoms with Crippen LogP contribution in [0.25, 0.3) is 0 Å². The summed E-state index contributed by atoms with van der Waals surface area (Å²) in [5.74, 6) is 0.187. The van der Waals surface area contributed by atoms with Crippen molar-refractivity contribution in [3.8, 4) is 0 Å². The number of hydrogen-bond donors (Lipinski definition) is 1. The van der Waals surface area contributed by atoms with Crippen molar-refractivity contribution < 1.29 is 5.11 Å². The van der Waals surface area contributed by atoms with Gasteiger partial charge in [0.1, 0.15) is 12.7 Å². The molecule has 0 saturated heterocycles. The van der Waals surface area contributed by atoms with E-state index in [1.54, 1.807) is 11.0 Å². The van der Waals surface area contributed by atoms with Crippen LogP contribution in [-0.4, -0.2) is 25.5 Å². The van der Waals surface area contributed by atoms with Crippen LogP contribution in [0.1, 0.15) is 37.2 Å². The lowest BCUT2D eigenvalue weighted by atomic mass is 9.72. The number of rotatable bonds is 3. The van der Waals surface area contributed by atoms with E-state index in [9.17, 15) is 5.11 Å². The van der Waals surface area contributed by atoms with Gasteiger partial charge in [0, 0.05) is 5.92 Å². The number of aromatic nitrogens is 3. The Bertz CT molecular complexity index is 511. The Morgan fingerprint density at radius 1 is 1.26 bits per heavy atom. The Balaban J connectivity index is 1.88. The molecule has 1 aliphatic rings. The van der Waals surface area contributed by atoms with Crippen molar-refractivity contribution in [3.63, 3.8) is 0 Å². The fourth-order valence-corrected chi connectivity index (χ4v) is 3.17. The third-order valence-electron chi connectivity index (χ3n) is 4.11. The minimum Gasteiger partial charge on any atom is -0.387 e. The van der Waals surface area contributed by atoms with Gasteiger partial charge >= 0.3 is 0 Å². The number of hydrogen-bond acceptors (Lipinski definition) is 3. The SMILES string of the molecule is O[C@]1(Cn2cncn2)CCCC[C@@H]1c1ccccc1. The van der Waals surface area contributed by atoms with E-state index < -0.39 is 5.60 Å². The molecule has 0 amide bonds. The van der Waals surface area contributed by atoms with Gasteiger partial charge in [-0.2, -0.15) is 5.10 Å². The van der Waals surface area contributed by atoms with Crippen molar-refractivity contribution in [2.45, 2.75) is 43.7 Å². The molecule has 1 N–H and O–H groups in total. The van der Waals surface area contributed by atoms with Gasteiger partial charge in [-0.05, 0) is 18.4 Å². The van der Waals surface area contributed by atoms with Crippen LogP contribution in [-0.2, 0) is 6.54 Å². The molecule has 0 unspecified atom stereocenters. The van der Waals surface area contributed by atoms with Crippen molar-refractivity contribution in [3.05, 3.63) is 48.5 Å². The maximum absolute atomic E-state index is 11.1. The molecule has 1 saturated carbocycles. The summed E-state index contributed by atoms with van der Waals surface area (Å²) in [5.41, 5.74) is 0.512. The maximum Gasteiger partial charge on any atom is 0.137 e. The van der Waals surface area contributed by atoms with E-state index in [4.69, 9.17) is 0 Å². The molecular formula is C15H19N3O. The van der Waals surface area contributed by atoms with Gasteiger partial charge in [-0.25, -0.2) is 4.98 Å². The highest BCUT2D eigenvalue weighted by molar-refractivity contribution is 5.23. The fourth-order valence-electron chi connectivity index (χ4n) is 3.17. The molecule has 3 rings (SSSR count). The third kappa shape index (κ3) is 2.54. The summed E-state index contributed by atoms with van der Waals surface area (Å²) in [6, 6.07) is 10.3. The summed E-state index contributed by atoms with van der Waals surface area (Å²) in [4.78, 5) is 3.96. The van der Waals surface area contributed by atoms with Crippen LogP contribution in [0.3, 0.4) is 0 Å². The highest BCUT2D eigenvalue weighted by atomic mass is 16.3. The third-order valence-corrected chi connectivity index (χ3v) is 4.11. The van der Waals surface area contributed by atoms with Crippen LogP contribution in [0, 0.1) is 0 Å². The minimum absolute atomic E-state index is 0.187. The number of benzene rings is 1. The molecule has 1 aromatic carbocycles. The predicted octanol–water partition coefficient (Wildman–Crippen LogP) is 2.37. The molecule has 19 heavy (non-hydrogen) atoms. The first kappa shape index (κ1) is 12.4. The summed E-state index contributed by atoms with van der Waals surface area (Å²) in [7, 11) is 0. The average molecular weight is 257 g/mol. The molecule has 100 valence electrons. The lowest BCUT2D eigenvalue weighted by Crippen LogP contribution is -2.43. The van der Waals surface area contributed by atoms with Crippen molar-refractivity contribution in [1.82, 2.24) is 14.8 Å². The van der Waals surface area contributed by atoms with E-state index in [0.717, 1.165) is 19.3 Å². The Morgan fingerprint density at radius 2 is 2.11 bits per heavy atom. The molecule has 0 spiro atoms. The summed E-state index contributed by atoms with van der Waals surface area (Å²) in [6.07, 6.45) is 7.31. The molecule has 0 bridgehead atoms. The Morgan fingerprint density at radius 3 is 2.84 bits per heavy atom. The second-order valence-corrected chi connectivity index (χ2v) is 5.41. The second-order valence-electron chi connectivity index (χ2n) is 5.41. The van der Waals surface area contributed by atoms with Gasteiger partial charge in [-0.15, -0.1) is 0 Å². The normalized spacial score (nSPS) is 27.3. The van der Waals surface area contributed by atoms with Gasteiger partial charge in [0.15, 0.2) is 0 Å². The molecule has 1 aliphatic carbocycles. The van der Waals surface area contributed by atoms with Gasteiger partial charge in [0.2, 0.25) is 0 Å². The first-order valence-electron chi connectivity index (χ1n) is 6.88. The summed E-state index contributed by atoms with van der Waals surface area (Å²) in [5, 5.41) is 15.2. The van der Waals surface area contributed by atoms with E-state index in [0.29, 0.717) is 6.54 Å². The lowest BCUT2D eigenvalue weighted by Gasteiger charge is -2.40. The van der Waals surface area contributed by atoms with E-state index in [2.05, 4.69) is 22.2 Å². The molecule has 0 radical (unpaired) electrons. The molecule has 1 fully saturated rings. The second kappa shape index (κ2) is 5.13. The van der Waals surface area contributed by atoms with Crippen LogP contribution in [0.2, 0.25) is 0 Å². The summed E-state index contributed by atoms with van der Waals surface area (Å²) < 4.78 is 1.74. The monoisotopic (exact) mass is 257 g/mol. The zero-order chi connectivity index (χ0) is 13.1. The fraction of sp³-hybridized carbons (Fsp3) is 0.467. The van der Waals surface area contributed by atoms with E-state index in [-0.39, 0.29) is 5.92 Å². The molecule has 0 aliphatic heterocycles. The van der Waals surface area contributed by atoms with Crippen LogP contribution in [0.5, 0.6) is 0 Å². The van der Waals surface area contributed by atoms with Crippen LogP contribution < -0.4 is 0 Å². The first-order valence-corrected chi connectivity index (χ1v) is 6.88. The van der Waals surface area contributed by atoms with Gasteiger partial charge in [-0.3, -0.25) is 4.68 Å². The Labute approximate surface area is 113 Å². The lowest BCUT2D eigenvalue weighted by molar-refractivity contribution is -0.0343. The zero-order valence-corrected chi connectivity index (χ0v) is 10.9. The Hall–Kier alpha value is -1.68. The first-order chi connectivity index (χ1) is 9.28. The standard InChI is InChI=1S/C15H19N3O/c19-15(10-18-12-16-11-17-18)9-5-4-8-14(15)13-6-2-1-3-7-13/h1-3,6-7,11-12,14,19H,4-5,8-10H2/t14-,15+/m1/s1. The molecule has 2 atom stereocenters. The zero-order valence-electron chi connectivity index (χ0n) is 10.9. The largest absolute Gasteiger partial charge is 0.387 e. The Kier molecular flexibility index (Phi) is 3.34. The van der Waals surface area contributed by atoms with Gasteiger partial charge in [0.05, 0.1) is 12.1 Å². The molecule has 2 aromatic rings. The highest BCUT2D eigenvalue weighted by Crippen LogP contribution is 2.41. The van der Waals surface area contributed by atoms with E-state index in [1.807, 2.05) is 18.2 Å². The van der Waals surface area contributed by atoms with Crippen molar-refractivity contribution in [2.24, 2.45) is 0 Å². The van der Waals surface area contributed by atoms with Crippen molar-refractivity contribution >= 4 is 0 Å². The topological polar surface area (TPSA) is 50.9 Å². The molecule has 4 heteroatoms. The van der Waals surface area contributed by atoms with Gasteiger partial charge < -0.3 is 5.11 Å². The summed E-state index contributed by atoms with van der Waals surface area (Å²) in [6.45, 7) is 0.520. The molecule has 4 nitrogen and oxygen atoms in total. The van der Waals surface area contributed by atoms with Gasteiger partial charge in [-0.1, -0.05) is 43.2 Å². The minimum atomic E-state index is -0.715. The molecular weight excluding hydrogens is 238 g/mol. The van der Waals surface area contributed by atoms with E-state index in [1.165, 1.54) is 18.3 Å². The van der Waals surface area contributed by atoms with Crippen LogP contribution >= 0.6 is 0 Å². The van der Waals surface area contributed by atoms with Crippen LogP contribution in [0.15, 0.2) is 43.0 Å².